The van der Waals surface area contributed by atoms with E-state index in [9.17, 15) is 9.59 Å². The number of aliphatic carboxylic acids is 1. The summed E-state index contributed by atoms with van der Waals surface area (Å²) in [5.74, 6) is 1.33. The van der Waals surface area contributed by atoms with Crippen molar-refractivity contribution in [2.45, 2.75) is 19.3 Å². The number of amides is 1. The zero-order chi connectivity index (χ0) is 14.5. The summed E-state index contributed by atoms with van der Waals surface area (Å²) in [4.78, 5) is 21.7. The number of carbonyl (C=O) groups excluding carboxylic acids is 1. The topological polar surface area (TPSA) is 75.6 Å². The molecule has 0 saturated heterocycles. The second-order valence-corrected chi connectivity index (χ2v) is 5.11. The highest BCUT2D eigenvalue weighted by Gasteiger charge is 2.44. The van der Waals surface area contributed by atoms with E-state index in [0.717, 1.165) is 0 Å². The summed E-state index contributed by atoms with van der Waals surface area (Å²) in [7, 11) is 1.45. The summed E-state index contributed by atoms with van der Waals surface area (Å²) in [6.45, 7) is -0.406. The average molecular weight is 277 g/mol. The zero-order valence-electron chi connectivity index (χ0n) is 11.5. The van der Waals surface area contributed by atoms with Crippen LogP contribution in [-0.4, -0.2) is 30.6 Å². The molecule has 2 aliphatic rings. The summed E-state index contributed by atoms with van der Waals surface area (Å²) in [5.41, 5.74) is 0.321. The van der Waals surface area contributed by atoms with Gasteiger partial charge in [-0.05, 0) is 43.2 Å². The van der Waals surface area contributed by atoms with Gasteiger partial charge in [-0.15, -0.1) is 0 Å². The lowest BCUT2D eigenvalue weighted by Crippen LogP contribution is -2.29. The van der Waals surface area contributed by atoms with E-state index in [1.807, 2.05) is 0 Å². The number of carboxylic acid groups (broad SMARTS) is 1. The molecule has 0 aliphatic heterocycles. The molecule has 2 N–H and O–H groups in total. The first-order chi connectivity index (χ1) is 9.61. The third-order valence-corrected chi connectivity index (χ3v) is 3.73. The molecule has 0 radical (unpaired) electrons. The van der Waals surface area contributed by atoms with Crippen LogP contribution in [0.2, 0.25) is 0 Å². The summed E-state index contributed by atoms with van der Waals surface area (Å²) < 4.78 is 4.97. The molecule has 1 amide bonds. The van der Waals surface area contributed by atoms with Gasteiger partial charge in [0.05, 0.1) is 12.7 Å². The minimum Gasteiger partial charge on any atom is -0.496 e. The summed E-state index contributed by atoms with van der Waals surface area (Å²) in [6, 6.07) is 6.61. The average Bonchev–Trinajstić information content (AvgIpc) is 3.03. The first-order valence-electron chi connectivity index (χ1n) is 6.75. The lowest BCUT2D eigenvalue weighted by molar-refractivity contribution is -0.135. The molecule has 1 aromatic carbocycles. The standard InChI is InChI=1S/C10H11NO4.C5H8/c1-15-8-5-3-2-4-7(8)10(14)11-6-9(12)13;1-2-5-3-4(1)5/h2-5H,6H2,1H3,(H,11,14)(H,12,13);4-5H,1-3H2. The second-order valence-electron chi connectivity index (χ2n) is 5.11. The van der Waals surface area contributed by atoms with E-state index in [0.29, 0.717) is 11.3 Å². The van der Waals surface area contributed by atoms with Crippen LogP contribution >= 0.6 is 0 Å². The van der Waals surface area contributed by atoms with Crippen LogP contribution in [-0.2, 0) is 4.79 Å². The van der Waals surface area contributed by atoms with Crippen LogP contribution in [0.3, 0.4) is 0 Å². The van der Waals surface area contributed by atoms with Crippen molar-refractivity contribution in [2.24, 2.45) is 11.8 Å². The molecule has 2 atom stereocenters. The lowest BCUT2D eigenvalue weighted by atomic mass is 10.0. The van der Waals surface area contributed by atoms with E-state index >= 15 is 0 Å². The van der Waals surface area contributed by atoms with Gasteiger partial charge in [0.15, 0.2) is 0 Å². The van der Waals surface area contributed by atoms with Crippen molar-refractivity contribution in [1.82, 2.24) is 5.32 Å². The van der Waals surface area contributed by atoms with Crippen molar-refractivity contribution in [3.63, 3.8) is 0 Å². The van der Waals surface area contributed by atoms with Gasteiger partial charge < -0.3 is 15.2 Å². The molecule has 2 unspecified atom stereocenters. The third kappa shape index (κ3) is 3.73. The molecule has 0 aromatic heterocycles. The fourth-order valence-electron chi connectivity index (χ4n) is 2.27. The molecule has 5 heteroatoms. The van der Waals surface area contributed by atoms with Crippen LogP contribution in [0.5, 0.6) is 5.75 Å². The molecule has 2 aliphatic carbocycles. The maximum absolute atomic E-state index is 11.5. The van der Waals surface area contributed by atoms with Gasteiger partial charge >= 0.3 is 5.97 Å². The molecule has 2 saturated carbocycles. The minimum atomic E-state index is -1.08. The van der Waals surface area contributed by atoms with Gasteiger partial charge in [-0.3, -0.25) is 9.59 Å². The minimum absolute atomic E-state index is 0.321. The number of methoxy groups -OCH3 is 1. The molecule has 0 heterocycles. The number of carboxylic acids is 1. The lowest BCUT2D eigenvalue weighted by Gasteiger charge is -2.07. The monoisotopic (exact) mass is 277 g/mol. The van der Waals surface area contributed by atoms with Gasteiger partial charge in [0.1, 0.15) is 12.3 Å². The Kier molecular flexibility index (Phi) is 4.61. The molecule has 3 rings (SSSR count). The molecule has 0 spiro atoms. The number of carbonyl (C=O) groups is 2. The highest BCUT2D eigenvalue weighted by atomic mass is 16.5. The Morgan fingerprint density at radius 3 is 2.40 bits per heavy atom. The SMILES string of the molecule is C1CC2CC12.COc1ccccc1C(=O)NCC(=O)O. The van der Waals surface area contributed by atoms with Gasteiger partial charge in [0, 0.05) is 0 Å². The van der Waals surface area contributed by atoms with E-state index in [1.165, 1.54) is 18.9 Å². The number of fused-ring (bicyclic) bond motifs is 1. The largest absolute Gasteiger partial charge is 0.496 e. The Bertz CT molecular complexity index is 488. The van der Waals surface area contributed by atoms with Crippen molar-refractivity contribution in [2.75, 3.05) is 13.7 Å². The fourth-order valence-corrected chi connectivity index (χ4v) is 2.27. The molecular formula is C15H19NO4. The van der Waals surface area contributed by atoms with Crippen molar-refractivity contribution in [3.05, 3.63) is 29.8 Å². The van der Waals surface area contributed by atoms with E-state index in [4.69, 9.17) is 9.84 Å². The number of hydrogen-bond donors (Lipinski definition) is 2. The number of para-hydroxylation sites is 1. The second kappa shape index (κ2) is 6.41. The quantitative estimate of drug-likeness (QED) is 0.881. The van der Waals surface area contributed by atoms with Crippen LogP contribution in [0, 0.1) is 11.8 Å². The number of rotatable bonds is 4. The highest BCUT2D eigenvalue weighted by Crippen LogP contribution is 2.55. The molecule has 20 heavy (non-hydrogen) atoms. The van der Waals surface area contributed by atoms with Crippen molar-refractivity contribution in [3.8, 4) is 5.75 Å². The van der Waals surface area contributed by atoms with Crippen LogP contribution in [0.25, 0.3) is 0 Å². The maximum Gasteiger partial charge on any atom is 0.322 e. The highest BCUT2D eigenvalue weighted by molar-refractivity contribution is 5.98. The molecule has 0 bridgehead atoms. The Labute approximate surface area is 117 Å². The van der Waals surface area contributed by atoms with E-state index < -0.39 is 18.4 Å². The maximum atomic E-state index is 11.5. The number of ether oxygens (including phenoxy) is 1. The molecule has 108 valence electrons. The Hall–Kier alpha value is -2.04. The predicted octanol–water partition coefficient (Wildman–Crippen LogP) is 1.93. The van der Waals surface area contributed by atoms with Gasteiger partial charge in [-0.25, -0.2) is 0 Å². The summed E-state index contributed by atoms with van der Waals surface area (Å²) >= 11 is 0. The fraction of sp³-hybridized carbons (Fsp3) is 0.467. The first-order valence-corrected chi connectivity index (χ1v) is 6.75. The summed E-state index contributed by atoms with van der Waals surface area (Å²) in [5, 5.41) is 10.6. The van der Waals surface area contributed by atoms with E-state index in [2.05, 4.69) is 5.32 Å². The predicted molar refractivity (Wildman–Crippen MR) is 73.8 cm³/mol. The van der Waals surface area contributed by atoms with Crippen LogP contribution < -0.4 is 10.1 Å². The van der Waals surface area contributed by atoms with Gasteiger partial charge in [0.25, 0.3) is 5.91 Å². The zero-order valence-corrected chi connectivity index (χ0v) is 11.5. The van der Waals surface area contributed by atoms with Crippen LogP contribution in [0.1, 0.15) is 29.6 Å². The molecular weight excluding hydrogens is 258 g/mol. The smallest absolute Gasteiger partial charge is 0.322 e. The number of hydrogen-bond acceptors (Lipinski definition) is 3. The van der Waals surface area contributed by atoms with Crippen molar-refractivity contribution in [1.29, 1.82) is 0 Å². The molecule has 5 nitrogen and oxygen atoms in total. The Balaban J connectivity index is 0.000000238. The van der Waals surface area contributed by atoms with Crippen molar-refractivity contribution >= 4 is 11.9 Å². The number of benzene rings is 1. The first kappa shape index (κ1) is 14.4. The van der Waals surface area contributed by atoms with Gasteiger partial charge in [-0.2, -0.15) is 0 Å². The normalized spacial score (nSPS) is 21.4. The Morgan fingerprint density at radius 1 is 1.30 bits per heavy atom. The van der Waals surface area contributed by atoms with E-state index in [1.54, 1.807) is 43.5 Å². The Morgan fingerprint density at radius 2 is 1.95 bits per heavy atom. The molecule has 2 fully saturated rings. The van der Waals surface area contributed by atoms with Crippen LogP contribution in [0.4, 0.5) is 0 Å². The van der Waals surface area contributed by atoms with Gasteiger partial charge in [-0.1, -0.05) is 12.1 Å². The van der Waals surface area contributed by atoms with Gasteiger partial charge in [0.2, 0.25) is 0 Å². The van der Waals surface area contributed by atoms with Crippen molar-refractivity contribution < 1.29 is 19.4 Å². The third-order valence-electron chi connectivity index (χ3n) is 3.73. The van der Waals surface area contributed by atoms with Crippen LogP contribution in [0.15, 0.2) is 24.3 Å². The molecule has 1 aromatic rings. The summed E-state index contributed by atoms with van der Waals surface area (Å²) in [6.07, 6.45) is 4.70. The van der Waals surface area contributed by atoms with E-state index in [-0.39, 0.29) is 0 Å². The number of nitrogens with one attached hydrogen (secondary N) is 1.